The average molecular weight is 246 g/mol. The second-order valence-corrected chi connectivity index (χ2v) is 4.23. The lowest BCUT2D eigenvalue weighted by Crippen LogP contribution is -2.26. The van der Waals surface area contributed by atoms with E-state index >= 15 is 0 Å². The monoisotopic (exact) mass is 246 g/mol. The van der Waals surface area contributed by atoms with Gasteiger partial charge < -0.3 is 14.4 Å². The van der Waals surface area contributed by atoms with E-state index in [4.69, 9.17) is 9.52 Å². The van der Waals surface area contributed by atoms with Gasteiger partial charge in [-0.3, -0.25) is 0 Å². The van der Waals surface area contributed by atoms with Gasteiger partial charge in [-0.1, -0.05) is 18.2 Å². The SMILES string of the molecule is Cc1nc(CN(CCO)c2ccccc2)oc1C. The molecule has 0 amide bonds. The molecule has 18 heavy (non-hydrogen) atoms. The molecule has 0 spiro atoms. The summed E-state index contributed by atoms with van der Waals surface area (Å²) in [5, 5.41) is 9.14. The third-order valence-corrected chi connectivity index (χ3v) is 2.89. The topological polar surface area (TPSA) is 49.5 Å². The highest BCUT2D eigenvalue weighted by molar-refractivity contribution is 5.45. The first kappa shape index (κ1) is 12.6. The molecule has 0 atom stereocenters. The van der Waals surface area contributed by atoms with Gasteiger partial charge in [-0.25, -0.2) is 4.98 Å². The highest BCUT2D eigenvalue weighted by Crippen LogP contribution is 2.17. The van der Waals surface area contributed by atoms with E-state index in [-0.39, 0.29) is 6.61 Å². The van der Waals surface area contributed by atoms with Crippen molar-refractivity contribution in [1.29, 1.82) is 0 Å². The van der Waals surface area contributed by atoms with Gasteiger partial charge in [-0.15, -0.1) is 0 Å². The van der Waals surface area contributed by atoms with Crippen LogP contribution in [0.25, 0.3) is 0 Å². The van der Waals surface area contributed by atoms with Gasteiger partial charge in [0.25, 0.3) is 0 Å². The molecule has 96 valence electrons. The Morgan fingerprint density at radius 2 is 1.94 bits per heavy atom. The van der Waals surface area contributed by atoms with Crippen LogP contribution in [0.5, 0.6) is 0 Å². The van der Waals surface area contributed by atoms with Crippen molar-refractivity contribution in [3.63, 3.8) is 0 Å². The molecule has 1 heterocycles. The molecular weight excluding hydrogens is 228 g/mol. The molecule has 0 fully saturated rings. The number of aliphatic hydroxyl groups excluding tert-OH is 1. The Hall–Kier alpha value is -1.81. The molecular formula is C14H18N2O2. The number of aryl methyl sites for hydroxylation is 2. The molecule has 0 aliphatic heterocycles. The summed E-state index contributed by atoms with van der Waals surface area (Å²) in [5.41, 5.74) is 1.97. The van der Waals surface area contributed by atoms with Crippen molar-refractivity contribution in [3.05, 3.63) is 47.7 Å². The van der Waals surface area contributed by atoms with Gasteiger partial charge in [-0.05, 0) is 26.0 Å². The zero-order chi connectivity index (χ0) is 13.0. The average Bonchev–Trinajstić information content (AvgIpc) is 2.69. The molecule has 0 aliphatic carbocycles. The van der Waals surface area contributed by atoms with Crippen LogP contribution in [0.15, 0.2) is 34.7 Å². The second-order valence-electron chi connectivity index (χ2n) is 4.23. The lowest BCUT2D eigenvalue weighted by Gasteiger charge is -2.22. The molecule has 1 N–H and O–H groups in total. The van der Waals surface area contributed by atoms with E-state index in [1.807, 2.05) is 49.1 Å². The third kappa shape index (κ3) is 2.90. The van der Waals surface area contributed by atoms with Gasteiger partial charge in [-0.2, -0.15) is 0 Å². The summed E-state index contributed by atoms with van der Waals surface area (Å²) in [7, 11) is 0. The summed E-state index contributed by atoms with van der Waals surface area (Å²) in [4.78, 5) is 6.41. The second kappa shape index (κ2) is 5.69. The van der Waals surface area contributed by atoms with E-state index in [1.54, 1.807) is 0 Å². The molecule has 2 aromatic rings. The van der Waals surface area contributed by atoms with Crippen LogP contribution in [0, 0.1) is 13.8 Å². The first-order chi connectivity index (χ1) is 8.70. The molecule has 0 unspecified atom stereocenters. The molecule has 0 aliphatic rings. The third-order valence-electron chi connectivity index (χ3n) is 2.89. The van der Waals surface area contributed by atoms with E-state index in [0.29, 0.717) is 19.0 Å². The molecule has 0 saturated heterocycles. The number of aliphatic hydroxyl groups is 1. The highest BCUT2D eigenvalue weighted by Gasteiger charge is 2.11. The lowest BCUT2D eigenvalue weighted by molar-refractivity contribution is 0.299. The fourth-order valence-electron chi connectivity index (χ4n) is 1.83. The maximum atomic E-state index is 9.14. The fraction of sp³-hybridized carbons (Fsp3) is 0.357. The van der Waals surface area contributed by atoms with E-state index in [1.165, 1.54) is 0 Å². The van der Waals surface area contributed by atoms with Crippen molar-refractivity contribution in [3.8, 4) is 0 Å². The summed E-state index contributed by atoms with van der Waals surface area (Å²) in [6, 6.07) is 9.95. The van der Waals surface area contributed by atoms with Gasteiger partial charge in [0.05, 0.1) is 18.8 Å². The fourth-order valence-corrected chi connectivity index (χ4v) is 1.83. The largest absolute Gasteiger partial charge is 0.444 e. The molecule has 0 radical (unpaired) electrons. The van der Waals surface area contributed by atoms with Crippen molar-refractivity contribution in [2.75, 3.05) is 18.1 Å². The van der Waals surface area contributed by atoms with Crippen LogP contribution in [-0.4, -0.2) is 23.2 Å². The van der Waals surface area contributed by atoms with Crippen LogP contribution < -0.4 is 4.90 Å². The summed E-state index contributed by atoms with van der Waals surface area (Å²) in [6.45, 7) is 5.07. The van der Waals surface area contributed by atoms with Crippen molar-refractivity contribution < 1.29 is 9.52 Å². The van der Waals surface area contributed by atoms with Crippen molar-refractivity contribution in [2.45, 2.75) is 20.4 Å². The van der Waals surface area contributed by atoms with Crippen LogP contribution >= 0.6 is 0 Å². The summed E-state index contributed by atoms with van der Waals surface area (Å²) in [6.07, 6.45) is 0. The predicted molar refractivity (Wildman–Crippen MR) is 70.6 cm³/mol. The Morgan fingerprint density at radius 1 is 1.22 bits per heavy atom. The van der Waals surface area contributed by atoms with Crippen LogP contribution in [0.3, 0.4) is 0 Å². The van der Waals surface area contributed by atoms with E-state index in [9.17, 15) is 0 Å². The number of oxazole rings is 1. The lowest BCUT2D eigenvalue weighted by atomic mass is 10.3. The van der Waals surface area contributed by atoms with Gasteiger partial charge in [0.15, 0.2) is 0 Å². The van der Waals surface area contributed by atoms with Gasteiger partial charge in [0, 0.05) is 12.2 Å². The number of hydrogen-bond donors (Lipinski definition) is 1. The molecule has 1 aromatic carbocycles. The molecule has 4 heteroatoms. The minimum atomic E-state index is 0.105. The smallest absolute Gasteiger partial charge is 0.214 e. The molecule has 0 bridgehead atoms. The zero-order valence-electron chi connectivity index (χ0n) is 10.8. The van der Waals surface area contributed by atoms with Gasteiger partial charge >= 0.3 is 0 Å². The first-order valence-corrected chi connectivity index (χ1v) is 6.04. The standard InChI is InChI=1S/C14H18N2O2/c1-11-12(2)18-14(15-11)10-16(8-9-17)13-6-4-3-5-7-13/h3-7,17H,8-10H2,1-2H3. The predicted octanol–water partition coefficient (Wildman–Crippen LogP) is 2.29. The Labute approximate surface area is 107 Å². The Morgan fingerprint density at radius 3 is 2.50 bits per heavy atom. The van der Waals surface area contributed by atoms with Crippen molar-refractivity contribution in [1.82, 2.24) is 4.98 Å². The Kier molecular flexibility index (Phi) is 3.99. The maximum absolute atomic E-state index is 9.14. The quantitative estimate of drug-likeness (QED) is 0.879. The normalized spacial score (nSPS) is 10.6. The van der Waals surface area contributed by atoms with Crippen LogP contribution in [0.1, 0.15) is 17.3 Å². The number of nitrogens with zero attached hydrogens (tertiary/aromatic N) is 2. The van der Waals surface area contributed by atoms with Crippen LogP contribution in [0.2, 0.25) is 0 Å². The van der Waals surface area contributed by atoms with Crippen molar-refractivity contribution in [2.24, 2.45) is 0 Å². The van der Waals surface area contributed by atoms with Gasteiger partial charge in [0.2, 0.25) is 5.89 Å². The number of rotatable bonds is 5. The van der Waals surface area contributed by atoms with E-state index in [0.717, 1.165) is 17.1 Å². The molecule has 1 aromatic heterocycles. The number of hydrogen-bond acceptors (Lipinski definition) is 4. The number of para-hydroxylation sites is 1. The van der Waals surface area contributed by atoms with Crippen LogP contribution in [-0.2, 0) is 6.54 Å². The van der Waals surface area contributed by atoms with E-state index < -0.39 is 0 Å². The zero-order valence-corrected chi connectivity index (χ0v) is 10.8. The first-order valence-electron chi connectivity index (χ1n) is 6.04. The minimum absolute atomic E-state index is 0.105. The molecule has 0 saturated carbocycles. The minimum Gasteiger partial charge on any atom is -0.444 e. The summed E-state index contributed by atoms with van der Waals surface area (Å²) in [5.74, 6) is 1.53. The molecule has 4 nitrogen and oxygen atoms in total. The summed E-state index contributed by atoms with van der Waals surface area (Å²) >= 11 is 0. The highest BCUT2D eigenvalue weighted by atomic mass is 16.4. The summed E-state index contributed by atoms with van der Waals surface area (Å²) < 4.78 is 5.58. The number of benzene rings is 1. The number of aromatic nitrogens is 1. The maximum Gasteiger partial charge on any atom is 0.214 e. The Balaban J connectivity index is 2.16. The molecule has 2 rings (SSSR count). The van der Waals surface area contributed by atoms with Gasteiger partial charge in [0.1, 0.15) is 5.76 Å². The van der Waals surface area contributed by atoms with Crippen LogP contribution in [0.4, 0.5) is 5.69 Å². The van der Waals surface area contributed by atoms with E-state index in [2.05, 4.69) is 4.98 Å². The van der Waals surface area contributed by atoms with Crippen molar-refractivity contribution >= 4 is 5.69 Å². The number of anilines is 1. The Bertz CT molecular complexity index is 474.